The standard InChI is InChI=1S/C25H21BN/c1-2-9-20(15-16-26)25(21-11-4-3-5-12-21)22-13-7-6-10-19(22)18-24-23(25)14-8-17-27-24/h2-17H,18H2,1H3/b9-2-,20-15+. The fourth-order valence-corrected chi connectivity index (χ4v) is 4.35. The summed E-state index contributed by atoms with van der Waals surface area (Å²) in [5.41, 5.74) is 6.86. The van der Waals surface area contributed by atoms with Crippen LogP contribution in [0.5, 0.6) is 0 Å². The number of pyridine rings is 1. The molecule has 1 atom stereocenters. The Hall–Kier alpha value is -3.00. The first-order chi connectivity index (χ1) is 13.3. The molecule has 1 unspecified atom stereocenters. The zero-order valence-corrected chi connectivity index (χ0v) is 15.5. The summed E-state index contributed by atoms with van der Waals surface area (Å²) in [6.07, 6.45) is 8.99. The summed E-state index contributed by atoms with van der Waals surface area (Å²) in [6, 6.07) is 23.6. The van der Waals surface area contributed by atoms with Gasteiger partial charge in [0.05, 0.1) is 0 Å². The fraction of sp³-hybridized carbons (Fsp3) is 0.120. The van der Waals surface area contributed by atoms with Crippen molar-refractivity contribution in [3.63, 3.8) is 0 Å². The van der Waals surface area contributed by atoms with Gasteiger partial charge in [-0.3, -0.25) is 0 Å². The summed E-state index contributed by atoms with van der Waals surface area (Å²) in [6.45, 7) is 2.04. The van der Waals surface area contributed by atoms with Gasteiger partial charge in [0.1, 0.15) is 0 Å². The number of rotatable bonds is 4. The Morgan fingerprint density at radius 2 is 1.70 bits per heavy atom. The van der Waals surface area contributed by atoms with Crippen LogP contribution < -0.4 is 0 Å². The van der Waals surface area contributed by atoms with Gasteiger partial charge in [0, 0.05) is 0 Å². The van der Waals surface area contributed by atoms with Crippen molar-refractivity contribution in [2.45, 2.75) is 18.8 Å². The number of aromatic nitrogens is 1. The number of benzene rings is 2. The van der Waals surface area contributed by atoms with Crippen molar-refractivity contribution in [2.75, 3.05) is 0 Å². The third kappa shape index (κ3) is 2.73. The van der Waals surface area contributed by atoms with Crippen LogP contribution in [0.3, 0.4) is 0 Å². The quantitative estimate of drug-likeness (QED) is 0.489. The van der Waals surface area contributed by atoms with Gasteiger partial charge in [0.25, 0.3) is 0 Å². The molecule has 1 aliphatic rings. The SMILES string of the molecule is [B]=C/C=C(\C=C/C)C1(c2ccccc2)c2ccccc2Cc2ncccc21. The summed E-state index contributed by atoms with van der Waals surface area (Å²) in [5.74, 6) is 1.63. The second-order valence-electron chi connectivity index (χ2n) is 6.76. The molecule has 1 radical (unpaired) electrons. The van der Waals surface area contributed by atoms with Gasteiger partial charge in [-0.2, -0.15) is 0 Å². The summed E-state index contributed by atoms with van der Waals surface area (Å²) >= 11 is 0. The third-order valence-corrected chi connectivity index (χ3v) is 5.34. The average Bonchev–Trinajstić information content (AvgIpc) is 2.72. The summed E-state index contributed by atoms with van der Waals surface area (Å²) in [5, 5.41) is 0. The predicted octanol–water partition coefficient (Wildman–Crippen LogP) is 4.79. The molecule has 0 saturated heterocycles. The van der Waals surface area contributed by atoms with E-state index in [9.17, 15) is 0 Å². The molecule has 0 aliphatic heterocycles. The molecule has 1 nitrogen and oxygen atoms in total. The Morgan fingerprint density at radius 3 is 2.48 bits per heavy atom. The molecule has 0 amide bonds. The molecule has 129 valence electrons. The zero-order valence-electron chi connectivity index (χ0n) is 15.5. The molecule has 0 saturated carbocycles. The van der Waals surface area contributed by atoms with Crippen LogP contribution in [0.1, 0.15) is 34.9 Å². The molecule has 1 aliphatic carbocycles. The number of nitrogens with zero attached hydrogens (tertiary/aromatic N) is 1. The van der Waals surface area contributed by atoms with Crippen molar-refractivity contribution in [1.82, 2.24) is 4.98 Å². The molecule has 0 fully saturated rings. The average molecular weight is 346 g/mol. The van der Waals surface area contributed by atoms with E-state index in [0.717, 1.165) is 17.7 Å². The van der Waals surface area contributed by atoms with Gasteiger partial charge in [0.2, 0.25) is 0 Å². The third-order valence-electron chi connectivity index (χ3n) is 5.34. The summed E-state index contributed by atoms with van der Waals surface area (Å²) < 4.78 is 0. The van der Waals surface area contributed by atoms with E-state index < -0.39 is 5.41 Å². The van der Waals surface area contributed by atoms with Crippen molar-refractivity contribution < 1.29 is 0 Å². The zero-order chi connectivity index (χ0) is 18.7. The minimum atomic E-state index is -0.442. The van der Waals surface area contributed by atoms with E-state index in [4.69, 9.17) is 12.5 Å². The molecule has 1 aromatic heterocycles. The normalized spacial score (nSPS) is 18.7. The second-order valence-corrected chi connectivity index (χ2v) is 6.76. The topological polar surface area (TPSA) is 12.9 Å². The predicted molar refractivity (Wildman–Crippen MR) is 115 cm³/mol. The van der Waals surface area contributed by atoms with Crippen LogP contribution in [0.15, 0.2) is 96.7 Å². The number of hydrogen-bond donors (Lipinski definition) is 0. The Balaban J connectivity index is 2.20. The molecular weight excluding hydrogens is 325 g/mol. The van der Waals surface area contributed by atoms with E-state index in [1.807, 2.05) is 25.3 Å². The van der Waals surface area contributed by atoms with E-state index >= 15 is 0 Å². The Kier molecular flexibility index (Phi) is 4.72. The first kappa shape index (κ1) is 17.4. The molecule has 4 rings (SSSR count). The maximum atomic E-state index is 5.89. The first-order valence-corrected chi connectivity index (χ1v) is 9.29. The van der Waals surface area contributed by atoms with Crippen molar-refractivity contribution in [2.24, 2.45) is 0 Å². The van der Waals surface area contributed by atoms with Gasteiger partial charge >= 0.3 is 162 Å². The van der Waals surface area contributed by atoms with E-state index in [-0.39, 0.29) is 0 Å². The van der Waals surface area contributed by atoms with Crippen LogP contribution in [0.2, 0.25) is 0 Å². The monoisotopic (exact) mass is 346 g/mol. The Labute approximate surface area is 162 Å². The number of fused-ring (bicyclic) bond motifs is 2. The van der Waals surface area contributed by atoms with Gasteiger partial charge in [-0.25, -0.2) is 0 Å². The molecule has 0 bridgehead atoms. The van der Waals surface area contributed by atoms with Crippen LogP contribution in [0.25, 0.3) is 0 Å². The summed E-state index contributed by atoms with van der Waals surface area (Å²) in [4.78, 5) is 4.75. The van der Waals surface area contributed by atoms with Gasteiger partial charge in [-0.15, -0.1) is 0 Å². The van der Waals surface area contributed by atoms with Gasteiger partial charge in [-0.1, -0.05) is 0 Å². The molecule has 2 heteroatoms. The Bertz CT molecular complexity index is 985. The van der Waals surface area contributed by atoms with Crippen LogP contribution in [0.4, 0.5) is 0 Å². The van der Waals surface area contributed by atoms with E-state index in [1.165, 1.54) is 22.3 Å². The van der Waals surface area contributed by atoms with Crippen molar-refractivity contribution in [3.05, 3.63) is 125 Å². The van der Waals surface area contributed by atoms with Gasteiger partial charge in [-0.05, 0) is 0 Å². The van der Waals surface area contributed by atoms with Crippen molar-refractivity contribution in [1.29, 1.82) is 0 Å². The van der Waals surface area contributed by atoms with E-state index in [1.54, 1.807) is 5.97 Å². The van der Waals surface area contributed by atoms with Crippen LogP contribution >= 0.6 is 0 Å². The molecule has 0 N–H and O–H groups in total. The molecule has 0 spiro atoms. The van der Waals surface area contributed by atoms with Gasteiger partial charge in [0.15, 0.2) is 0 Å². The molecule has 2 aromatic carbocycles. The molecule has 27 heavy (non-hydrogen) atoms. The van der Waals surface area contributed by atoms with Crippen LogP contribution in [0, 0.1) is 0 Å². The van der Waals surface area contributed by atoms with E-state index in [0.29, 0.717) is 0 Å². The number of allylic oxidation sites excluding steroid dienone is 4. The van der Waals surface area contributed by atoms with Crippen molar-refractivity contribution >= 4 is 13.5 Å². The van der Waals surface area contributed by atoms with E-state index in [2.05, 4.69) is 72.8 Å². The summed E-state index contributed by atoms with van der Waals surface area (Å²) in [7, 11) is 5.89. The Morgan fingerprint density at radius 1 is 0.963 bits per heavy atom. The van der Waals surface area contributed by atoms with Crippen LogP contribution in [-0.4, -0.2) is 18.4 Å². The molecule has 3 aromatic rings. The van der Waals surface area contributed by atoms with Gasteiger partial charge < -0.3 is 0 Å². The van der Waals surface area contributed by atoms with Crippen molar-refractivity contribution in [3.8, 4) is 0 Å². The molecule has 1 heterocycles. The maximum absolute atomic E-state index is 5.89. The fourth-order valence-electron chi connectivity index (χ4n) is 4.35. The van der Waals surface area contributed by atoms with Crippen LogP contribution in [-0.2, 0) is 11.8 Å². The minimum absolute atomic E-state index is 0.442. The first-order valence-electron chi connectivity index (χ1n) is 9.29. The molecular formula is C25H21BN. The second kappa shape index (κ2) is 7.32. The number of hydrogen-bond acceptors (Lipinski definition) is 1.